The van der Waals surface area contributed by atoms with E-state index in [9.17, 15) is 18.0 Å². The number of aryl methyl sites for hydroxylation is 1. The highest BCUT2D eigenvalue weighted by Crippen LogP contribution is 2.37. The van der Waals surface area contributed by atoms with Gasteiger partial charge in [-0.2, -0.15) is 0 Å². The van der Waals surface area contributed by atoms with E-state index in [-0.39, 0.29) is 28.2 Å². The molecule has 0 bridgehead atoms. The SMILES string of the molecule is COc1ccc(C)cc1NC(=O)CCS(=O)(=O)c1ccc2c(c1)NC(=O)C(C)S2. The van der Waals surface area contributed by atoms with Gasteiger partial charge in [-0.05, 0) is 49.7 Å². The van der Waals surface area contributed by atoms with Crippen LogP contribution in [0.4, 0.5) is 11.4 Å². The molecule has 1 unspecified atom stereocenters. The molecule has 0 spiro atoms. The Kier molecular flexibility index (Phi) is 6.18. The van der Waals surface area contributed by atoms with Gasteiger partial charge in [0.2, 0.25) is 11.8 Å². The Morgan fingerprint density at radius 1 is 1.24 bits per heavy atom. The summed E-state index contributed by atoms with van der Waals surface area (Å²) in [4.78, 5) is 25.0. The third-order valence-electron chi connectivity index (χ3n) is 4.47. The standard InChI is InChI=1S/C20H22N2O5S2/c1-12-4-6-17(27-3)15(10-12)21-19(23)8-9-29(25,26)14-5-7-18-16(11-14)22-20(24)13(2)28-18/h4-7,10-11,13H,8-9H2,1-3H3,(H,21,23)(H,22,24). The Morgan fingerprint density at radius 2 is 2.00 bits per heavy atom. The number of benzene rings is 2. The lowest BCUT2D eigenvalue weighted by molar-refractivity contribution is -0.116. The molecular weight excluding hydrogens is 412 g/mol. The number of carbonyl (C=O) groups excluding carboxylic acids is 2. The Bertz CT molecular complexity index is 1070. The number of fused-ring (bicyclic) bond motifs is 1. The van der Waals surface area contributed by atoms with Crippen molar-refractivity contribution in [2.75, 3.05) is 23.5 Å². The monoisotopic (exact) mass is 434 g/mol. The number of ether oxygens (including phenoxy) is 1. The smallest absolute Gasteiger partial charge is 0.237 e. The number of hydrogen-bond donors (Lipinski definition) is 2. The molecule has 7 nitrogen and oxygen atoms in total. The molecule has 0 saturated heterocycles. The molecule has 2 aromatic rings. The molecule has 0 saturated carbocycles. The van der Waals surface area contributed by atoms with Crippen LogP contribution >= 0.6 is 11.8 Å². The van der Waals surface area contributed by atoms with Crippen LogP contribution in [-0.4, -0.2) is 38.3 Å². The van der Waals surface area contributed by atoms with Crippen molar-refractivity contribution in [2.45, 2.75) is 35.3 Å². The van der Waals surface area contributed by atoms with Gasteiger partial charge in [0.25, 0.3) is 0 Å². The van der Waals surface area contributed by atoms with Gasteiger partial charge in [0.15, 0.2) is 9.84 Å². The van der Waals surface area contributed by atoms with Crippen molar-refractivity contribution >= 4 is 44.8 Å². The van der Waals surface area contributed by atoms with E-state index in [1.165, 1.54) is 31.0 Å². The summed E-state index contributed by atoms with van der Waals surface area (Å²) in [5.41, 5.74) is 1.92. The summed E-state index contributed by atoms with van der Waals surface area (Å²) in [5.74, 6) is -0.427. The second-order valence-electron chi connectivity index (χ2n) is 6.73. The molecule has 0 aliphatic carbocycles. The number of thioether (sulfide) groups is 1. The van der Waals surface area contributed by atoms with Crippen molar-refractivity contribution in [3.05, 3.63) is 42.0 Å². The summed E-state index contributed by atoms with van der Waals surface area (Å²) in [6.07, 6.45) is -0.200. The second-order valence-corrected chi connectivity index (χ2v) is 10.2. The highest BCUT2D eigenvalue weighted by molar-refractivity contribution is 8.01. The van der Waals surface area contributed by atoms with Crippen LogP contribution in [0.15, 0.2) is 46.2 Å². The average molecular weight is 435 g/mol. The number of carbonyl (C=O) groups is 2. The van der Waals surface area contributed by atoms with Gasteiger partial charge in [-0.15, -0.1) is 11.8 Å². The number of rotatable bonds is 6. The summed E-state index contributed by atoms with van der Waals surface area (Å²) in [7, 11) is -2.19. The summed E-state index contributed by atoms with van der Waals surface area (Å²) in [6, 6.07) is 9.99. The van der Waals surface area contributed by atoms with E-state index >= 15 is 0 Å². The molecule has 29 heavy (non-hydrogen) atoms. The second kappa shape index (κ2) is 8.46. The molecule has 2 aromatic carbocycles. The Hall–Kier alpha value is -2.52. The highest BCUT2D eigenvalue weighted by atomic mass is 32.2. The summed E-state index contributed by atoms with van der Waals surface area (Å²) in [6.45, 7) is 3.67. The van der Waals surface area contributed by atoms with E-state index in [4.69, 9.17) is 4.74 Å². The van der Waals surface area contributed by atoms with Crippen LogP contribution in [-0.2, 0) is 19.4 Å². The molecule has 1 atom stereocenters. The fraction of sp³-hybridized carbons (Fsp3) is 0.300. The van der Waals surface area contributed by atoms with Gasteiger partial charge in [0, 0.05) is 11.3 Å². The van der Waals surface area contributed by atoms with Crippen molar-refractivity contribution in [3.8, 4) is 5.75 Å². The fourth-order valence-electron chi connectivity index (χ4n) is 2.86. The van der Waals surface area contributed by atoms with E-state index in [1.807, 2.05) is 13.0 Å². The van der Waals surface area contributed by atoms with Crippen molar-refractivity contribution in [1.29, 1.82) is 0 Å². The van der Waals surface area contributed by atoms with E-state index in [0.717, 1.165) is 10.5 Å². The van der Waals surface area contributed by atoms with E-state index in [1.54, 1.807) is 25.1 Å². The summed E-state index contributed by atoms with van der Waals surface area (Å²) < 4.78 is 30.6. The van der Waals surface area contributed by atoms with Crippen LogP contribution in [0.5, 0.6) is 5.75 Å². The number of hydrogen-bond acceptors (Lipinski definition) is 6. The van der Waals surface area contributed by atoms with Gasteiger partial charge in [0.1, 0.15) is 5.75 Å². The first-order valence-electron chi connectivity index (χ1n) is 8.98. The van der Waals surface area contributed by atoms with Crippen LogP contribution in [0.1, 0.15) is 18.9 Å². The number of methoxy groups -OCH3 is 1. The molecule has 154 valence electrons. The molecule has 0 aromatic heterocycles. The topological polar surface area (TPSA) is 102 Å². The molecule has 9 heteroatoms. The molecule has 2 N–H and O–H groups in total. The van der Waals surface area contributed by atoms with Gasteiger partial charge in [-0.3, -0.25) is 9.59 Å². The number of sulfone groups is 1. The van der Waals surface area contributed by atoms with Crippen LogP contribution < -0.4 is 15.4 Å². The number of nitrogens with one attached hydrogen (secondary N) is 2. The predicted octanol–water partition coefficient (Wildman–Crippen LogP) is 3.24. The quantitative estimate of drug-likeness (QED) is 0.724. The Labute approximate surface area is 174 Å². The van der Waals surface area contributed by atoms with Gasteiger partial charge < -0.3 is 15.4 Å². The third-order valence-corrected chi connectivity index (χ3v) is 7.36. The van der Waals surface area contributed by atoms with Crippen LogP contribution in [0, 0.1) is 6.92 Å². The van der Waals surface area contributed by atoms with Gasteiger partial charge >= 0.3 is 0 Å². The normalized spacial score (nSPS) is 16.0. The zero-order valence-electron chi connectivity index (χ0n) is 16.3. The van der Waals surface area contributed by atoms with E-state index in [0.29, 0.717) is 17.1 Å². The van der Waals surface area contributed by atoms with Crippen molar-refractivity contribution < 1.29 is 22.7 Å². The maximum absolute atomic E-state index is 12.7. The van der Waals surface area contributed by atoms with Crippen LogP contribution in [0.3, 0.4) is 0 Å². The van der Waals surface area contributed by atoms with Crippen molar-refractivity contribution in [1.82, 2.24) is 0 Å². The largest absolute Gasteiger partial charge is 0.495 e. The van der Waals surface area contributed by atoms with E-state index in [2.05, 4.69) is 10.6 Å². The first-order valence-corrected chi connectivity index (χ1v) is 11.5. The van der Waals surface area contributed by atoms with Gasteiger partial charge in [-0.1, -0.05) is 6.07 Å². The minimum Gasteiger partial charge on any atom is -0.495 e. The molecule has 1 heterocycles. The Morgan fingerprint density at radius 3 is 2.72 bits per heavy atom. The average Bonchev–Trinajstić information content (AvgIpc) is 2.67. The van der Waals surface area contributed by atoms with Crippen LogP contribution in [0.2, 0.25) is 0 Å². The van der Waals surface area contributed by atoms with Gasteiger partial charge in [0.05, 0.1) is 34.4 Å². The maximum Gasteiger partial charge on any atom is 0.237 e. The molecule has 1 aliphatic heterocycles. The maximum atomic E-state index is 12.7. The molecule has 0 radical (unpaired) electrons. The first kappa shape index (κ1) is 21.2. The van der Waals surface area contributed by atoms with E-state index < -0.39 is 15.7 Å². The predicted molar refractivity (Wildman–Crippen MR) is 113 cm³/mol. The molecular formula is C20H22N2O5S2. The highest BCUT2D eigenvalue weighted by Gasteiger charge is 2.25. The minimum absolute atomic E-state index is 0.0765. The number of anilines is 2. The Balaban J connectivity index is 1.69. The zero-order valence-corrected chi connectivity index (χ0v) is 17.9. The van der Waals surface area contributed by atoms with Crippen LogP contribution in [0.25, 0.3) is 0 Å². The fourth-order valence-corrected chi connectivity index (χ4v) is 5.05. The summed E-state index contributed by atoms with van der Waals surface area (Å²) >= 11 is 1.38. The molecule has 1 aliphatic rings. The molecule has 3 rings (SSSR count). The van der Waals surface area contributed by atoms with Crippen molar-refractivity contribution in [2.24, 2.45) is 0 Å². The lowest BCUT2D eigenvalue weighted by atomic mass is 10.2. The zero-order chi connectivity index (χ0) is 21.2. The molecule has 0 fully saturated rings. The van der Waals surface area contributed by atoms with Crippen molar-refractivity contribution in [3.63, 3.8) is 0 Å². The number of amides is 2. The van der Waals surface area contributed by atoms with Gasteiger partial charge in [-0.25, -0.2) is 8.42 Å². The minimum atomic E-state index is -3.69. The molecule has 2 amide bonds. The lowest BCUT2D eigenvalue weighted by Gasteiger charge is -2.21. The first-order chi connectivity index (χ1) is 13.7. The summed E-state index contributed by atoms with van der Waals surface area (Å²) in [5, 5.41) is 5.19. The third kappa shape index (κ3) is 4.91. The lowest BCUT2D eigenvalue weighted by Crippen LogP contribution is -2.26.